The van der Waals surface area contributed by atoms with E-state index in [4.69, 9.17) is 29.7 Å². The molecule has 3 N–H and O–H groups in total. The summed E-state index contributed by atoms with van der Waals surface area (Å²) in [6, 6.07) is 8.89. The van der Waals surface area contributed by atoms with Gasteiger partial charge in [0, 0.05) is 110 Å². The number of carboxylic acid groups (broad SMARTS) is 1. The Hall–Kier alpha value is -4.23. The normalized spacial score (nSPS) is 30.3. The standard InChI is InChI=1S/C35H47N13O4/c49-30-33(28-8-2-3-9-38-28,29-39-10-6-11-40-29)34(43-20-14-36-15-21-43,44-24-26-52-27-25-44)48(31-41-12-7-13-42-31)35(47(30)32(50)51,45-18-4-1-5-19-45)46-22-16-37-17-23-46/h2-3,6-13,36-37H,1,4-5,14-27H2,(H,50,51). The first-order valence-corrected chi connectivity index (χ1v) is 18.4. The molecule has 0 spiro atoms. The highest BCUT2D eigenvalue weighted by molar-refractivity contribution is 6.04. The van der Waals surface area contributed by atoms with E-state index in [-0.39, 0.29) is 11.8 Å². The van der Waals surface area contributed by atoms with Gasteiger partial charge in [-0.3, -0.25) is 24.5 Å². The number of amides is 2. The van der Waals surface area contributed by atoms with Gasteiger partial charge in [0.25, 0.3) is 11.8 Å². The molecular formula is C35H47N13O4. The van der Waals surface area contributed by atoms with E-state index in [1.807, 2.05) is 6.07 Å². The van der Waals surface area contributed by atoms with Gasteiger partial charge < -0.3 is 20.5 Å². The summed E-state index contributed by atoms with van der Waals surface area (Å²) < 4.78 is 6.03. The summed E-state index contributed by atoms with van der Waals surface area (Å²) in [6.45, 7) is 7.19. The smallest absolute Gasteiger partial charge is 0.418 e. The second-order valence-corrected chi connectivity index (χ2v) is 13.7. The molecule has 52 heavy (non-hydrogen) atoms. The van der Waals surface area contributed by atoms with Gasteiger partial charge in [-0.2, -0.15) is 4.90 Å². The molecule has 3 aromatic heterocycles. The molecule has 17 nitrogen and oxygen atoms in total. The molecule has 8 rings (SSSR count). The Morgan fingerprint density at radius 1 is 0.673 bits per heavy atom. The van der Waals surface area contributed by atoms with Crippen molar-refractivity contribution in [3.05, 3.63) is 72.8 Å². The minimum Gasteiger partial charge on any atom is -0.464 e. The van der Waals surface area contributed by atoms with E-state index in [2.05, 4.69) is 35.1 Å². The molecule has 0 radical (unpaired) electrons. The van der Waals surface area contributed by atoms with Gasteiger partial charge in [-0.1, -0.05) is 12.5 Å². The first-order valence-electron chi connectivity index (χ1n) is 18.4. The van der Waals surface area contributed by atoms with Crippen LogP contribution in [0.5, 0.6) is 0 Å². The molecular weight excluding hydrogens is 666 g/mol. The lowest BCUT2D eigenvalue weighted by molar-refractivity contribution is -0.254. The van der Waals surface area contributed by atoms with Gasteiger partial charge in [0.05, 0.1) is 18.9 Å². The topological polar surface area (TPSA) is 172 Å². The Balaban J connectivity index is 1.61. The lowest BCUT2D eigenvalue weighted by Gasteiger charge is -2.74. The van der Waals surface area contributed by atoms with E-state index < -0.39 is 29.1 Å². The number of morpholine rings is 1. The quantitative estimate of drug-likeness (QED) is 0.296. The van der Waals surface area contributed by atoms with Gasteiger partial charge in [0.2, 0.25) is 11.4 Å². The van der Waals surface area contributed by atoms with Crippen molar-refractivity contribution in [2.75, 3.05) is 96.7 Å². The number of pyridine rings is 1. The SMILES string of the molecule is O=C(O)N1C(=O)C(c2ccccn2)(c2ncccn2)C(N2CCNCC2)(N2CCOCC2)N(c2ncccn2)C1(N1CCCCC1)N1CCNCC1. The molecule has 0 aromatic carbocycles. The molecule has 3 unspecified atom stereocenters. The van der Waals surface area contributed by atoms with Crippen molar-refractivity contribution in [3.63, 3.8) is 0 Å². The molecule has 5 fully saturated rings. The van der Waals surface area contributed by atoms with Gasteiger partial charge in [-0.15, -0.1) is 0 Å². The number of ether oxygens (including phenoxy) is 1. The van der Waals surface area contributed by atoms with Crippen LogP contribution in [-0.2, 0) is 14.9 Å². The zero-order valence-corrected chi connectivity index (χ0v) is 29.4. The van der Waals surface area contributed by atoms with Crippen LogP contribution in [0.4, 0.5) is 10.7 Å². The summed E-state index contributed by atoms with van der Waals surface area (Å²) in [4.78, 5) is 67.9. The molecule has 5 aliphatic heterocycles. The third kappa shape index (κ3) is 5.20. The first kappa shape index (κ1) is 34.8. The Morgan fingerprint density at radius 2 is 1.23 bits per heavy atom. The Morgan fingerprint density at radius 3 is 1.83 bits per heavy atom. The van der Waals surface area contributed by atoms with Crippen molar-refractivity contribution >= 4 is 17.9 Å². The molecule has 5 aliphatic rings. The van der Waals surface area contributed by atoms with Gasteiger partial charge in [0.15, 0.2) is 11.6 Å². The number of nitrogens with zero attached hydrogens (tertiary/aromatic N) is 11. The van der Waals surface area contributed by atoms with E-state index in [0.29, 0.717) is 97.4 Å². The van der Waals surface area contributed by atoms with Gasteiger partial charge in [-0.25, -0.2) is 34.5 Å². The highest BCUT2D eigenvalue weighted by atomic mass is 16.5. The number of nitrogens with one attached hydrogen (secondary N) is 2. The van der Waals surface area contributed by atoms with Gasteiger partial charge in [-0.05, 0) is 37.1 Å². The van der Waals surface area contributed by atoms with E-state index in [0.717, 1.165) is 24.2 Å². The van der Waals surface area contributed by atoms with E-state index in [1.165, 1.54) is 0 Å². The number of hydrogen-bond donors (Lipinski definition) is 3. The summed E-state index contributed by atoms with van der Waals surface area (Å²) >= 11 is 0. The first-order chi connectivity index (χ1) is 25.6. The fourth-order valence-electron chi connectivity index (χ4n) is 9.27. The monoisotopic (exact) mass is 713 g/mol. The summed E-state index contributed by atoms with van der Waals surface area (Å²) in [5.74, 6) is -3.51. The number of aromatic nitrogens is 5. The maximum absolute atomic E-state index is 16.7. The zero-order valence-electron chi connectivity index (χ0n) is 29.4. The van der Waals surface area contributed by atoms with Crippen molar-refractivity contribution in [1.82, 2.24) is 60.1 Å². The number of hydrogen-bond acceptors (Lipinski definition) is 15. The number of piperazine rings is 2. The Labute approximate surface area is 303 Å². The zero-order chi connectivity index (χ0) is 35.6. The number of anilines is 1. The average Bonchev–Trinajstić information content (AvgIpc) is 3.22. The average molecular weight is 714 g/mol. The third-order valence-electron chi connectivity index (χ3n) is 11.2. The number of piperidine rings is 1. The molecule has 8 heterocycles. The van der Waals surface area contributed by atoms with Crippen LogP contribution in [0.2, 0.25) is 0 Å². The van der Waals surface area contributed by atoms with E-state index in [1.54, 1.807) is 55.2 Å². The van der Waals surface area contributed by atoms with Crippen molar-refractivity contribution in [2.45, 2.75) is 36.4 Å². The molecule has 5 saturated heterocycles. The van der Waals surface area contributed by atoms with Gasteiger partial charge >= 0.3 is 6.09 Å². The van der Waals surface area contributed by atoms with Crippen LogP contribution in [0.3, 0.4) is 0 Å². The van der Waals surface area contributed by atoms with Crippen LogP contribution < -0.4 is 15.5 Å². The number of likely N-dealkylation sites (tertiary alicyclic amines) is 1. The van der Waals surface area contributed by atoms with Crippen LogP contribution in [-0.4, -0.2) is 170 Å². The van der Waals surface area contributed by atoms with Crippen molar-refractivity contribution in [3.8, 4) is 0 Å². The van der Waals surface area contributed by atoms with Crippen LogP contribution in [0.15, 0.2) is 61.3 Å². The fraction of sp³-hybridized carbons (Fsp3) is 0.571. The largest absolute Gasteiger partial charge is 0.464 e. The summed E-state index contributed by atoms with van der Waals surface area (Å²) in [5, 5.41) is 18.7. The molecule has 276 valence electrons. The van der Waals surface area contributed by atoms with Crippen LogP contribution >= 0.6 is 0 Å². The predicted molar refractivity (Wildman–Crippen MR) is 189 cm³/mol. The van der Waals surface area contributed by atoms with Crippen LogP contribution in [0.25, 0.3) is 0 Å². The third-order valence-corrected chi connectivity index (χ3v) is 11.2. The van der Waals surface area contributed by atoms with E-state index in [9.17, 15) is 9.90 Å². The minimum atomic E-state index is -1.95. The molecule has 17 heteroatoms. The number of rotatable bonds is 7. The van der Waals surface area contributed by atoms with Crippen molar-refractivity contribution in [1.29, 1.82) is 0 Å². The second-order valence-electron chi connectivity index (χ2n) is 13.7. The molecule has 2 amide bonds. The number of imide groups is 1. The molecule has 0 saturated carbocycles. The van der Waals surface area contributed by atoms with Crippen molar-refractivity contribution in [2.24, 2.45) is 0 Å². The van der Waals surface area contributed by atoms with Crippen LogP contribution in [0, 0.1) is 0 Å². The molecule has 0 bridgehead atoms. The maximum atomic E-state index is 16.7. The Kier molecular flexibility index (Phi) is 9.82. The van der Waals surface area contributed by atoms with Gasteiger partial charge in [0.1, 0.15) is 0 Å². The maximum Gasteiger partial charge on any atom is 0.418 e. The lowest BCUT2D eigenvalue weighted by atomic mass is 9.68. The minimum absolute atomic E-state index is 0.142. The number of carbonyl (C=O) groups is 2. The fourth-order valence-corrected chi connectivity index (χ4v) is 9.27. The molecule has 0 aliphatic carbocycles. The Bertz CT molecular complexity index is 1590. The summed E-state index contributed by atoms with van der Waals surface area (Å²) in [6.07, 6.45) is 9.53. The second kappa shape index (κ2) is 14.7. The van der Waals surface area contributed by atoms with Crippen LogP contribution in [0.1, 0.15) is 30.8 Å². The summed E-state index contributed by atoms with van der Waals surface area (Å²) in [5.41, 5.74) is -1.62. The highest BCUT2D eigenvalue weighted by Crippen LogP contribution is 2.58. The molecule has 3 atom stereocenters. The predicted octanol–water partition coefficient (Wildman–Crippen LogP) is -0.132. The summed E-state index contributed by atoms with van der Waals surface area (Å²) in [7, 11) is 0. The highest BCUT2D eigenvalue weighted by Gasteiger charge is 2.82. The lowest BCUT2D eigenvalue weighted by Crippen LogP contribution is -2.98. The van der Waals surface area contributed by atoms with Crippen molar-refractivity contribution < 1.29 is 19.4 Å². The van der Waals surface area contributed by atoms with E-state index >= 15 is 4.79 Å². The number of carbonyl (C=O) groups excluding carboxylic acids is 1. The molecule has 3 aromatic rings.